The lowest BCUT2D eigenvalue weighted by Crippen LogP contribution is -2.55. The number of carbonyl (C=O) groups is 1. The van der Waals surface area contributed by atoms with Crippen molar-refractivity contribution in [1.82, 2.24) is 9.80 Å². The highest BCUT2D eigenvalue weighted by molar-refractivity contribution is 5.76. The molecule has 5 nitrogen and oxygen atoms in total. The first-order valence-corrected chi connectivity index (χ1v) is 10.1. The minimum Gasteiger partial charge on any atom is -0.396 e. The molecule has 0 saturated carbocycles. The molecule has 1 aromatic rings. The van der Waals surface area contributed by atoms with Gasteiger partial charge in [-0.2, -0.15) is 0 Å². The molecule has 2 atom stereocenters. The van der Waals surface area contributed by atoms with Crippen LogP contribution in [0.5, 0.6) is 0 Å². The molecule has 0 spiro atoms. The summed E-state index contributed by atoms with van der Waals surface area (Å²) in [6.07, 6.45) is 3.67. The van der Waals surface area contributed by atoms with E-state index in [-0.39, 0.29) is 18.3 Å². The molecule has 2 aliphatic rings. The fourth-order valence-corrected chi connectivity index (χ4v) is 4.38. The van der Waals surface area contributed by atoms with Crippen LogP contribution in [0.3, 0.4) is 0 Å². The first-order chi connectivity index (χ1) is 13.2. The Morgan fingerprint density at radius 3 is 2.81 bits per heavy atom. The topological polar surface area (TPSA) is 53.0 Å². The summed E-state index contributed by atoms with van der Waals surface area (Å²) in [6, 6.07) is 6.95. The number of benzene rings is 1. The first kappa shape index (κ1) is 20.2. The Morgan fingerprint density at radius 1 is 1.26 bits per heavy atom. The molecule has 0 aromatic heterocycles. The molecular formula is C21H31FN2O3. The van der Waals surface area contributed by atoms with Gasteiger partial charge in [0.05, 0.1) is 13.2 Å². The average Bonchev–Trinajstić information content (AvgIpc) is 2.71. The largest absolute Gasteiger partial charge is 0.396 e. The number of ether oxygens (including phenoxy) is 1. The van der Waals surface area contributed by atoms with E-state index in [9.17, 15) is 14.3 Å². The van der Waals surface area contributed by atoms with Crippen LogP contribution in [0.1, 0.15) is 31.2 Å². The molecule has 0 bridgehead atoms. The van der Waals surface area contributed by atoms with E-state index in [2.05, 4.69) is 4.90 Å². The van der Waals surface area contributed by atoms with Gasteiger partial charge in [0.2, 0.25) is 5.91 Å². The normalized spacial score (nSPS) is 24.1. The zero-order valence-corrected chi connectivity index (χ0v) is 16.0. The van der Waals surface area contributed by atoms with Gasteiger partial charge in [-0.15, -0.1) is 0 Å². The molecule has 6 heteroatoms. The summed E-state index contributed by atoms with van der Waals surface area (Å²) >= 11 is 0. The minimum atomic E-state index is -0.254. The summed E-state index contributed by atoms with van der Waals surface area (Å²) < 4.78 is 18.8. The van der Waals surface area contributed by atoms with Gasteiger partial charge in [0.25, 0.3) is 0 Å². The Balaban J connectivity index is 1.55. The second-order valence-electron chi connectivity index (χ2n) is 7.60. The quantitative estimate of drug-likeness (QED) is 0.789. The number of carbonyl (C=O) groups excluding carboxylic acids is 1. The summed E-state index contributed by atoms with van der Waals surface area (Å²) in [5.41, 5.74) is 0.864. The highest BCUT2D eigenvalue weighted by Gasteiger charge is 2.34. The van der Waals surface area contributed by atoms with E-state index in [1.165, 1.54) is 12.1 Å². The summed E-state index contributed by atoms with van der Waals surface area (Å²) in [4.78, 5) is 17.2. The van der Waals surface area contributed by atoms with Crippen molar-refractivity contribution >= 4 is 5.91 Å². The molecule has 2 fully saturated rings. The highest BCUT2D eigenvalue weighted by atomic mass is 19.1. The van der Waals surface area contributed by atoms with Crippen LogP contribution in [0.4, 0.5) is 4.39 Å². The second-order valence-corrected chi connectivity index (χ2v) is 7.60. The third kappa shape index (κ3) is 5.74. The fourth-order valence-electron chi connectivity index (χ4n) is 4.38. The molecule has 0 radical (unpaired) electrons. The Kier molecular flexibility index (Phi) is 7.61. The van der Waals surface area contributed by atoms with Crippen molar-refractivity contribution in [1.29, 1.82) is 0 Å². The van der Waals surface area contributed by atoms with Crippen LogP contribution in [0.25, 0.3) is 0 Å². The number of nitrogens with zero attached hydrogens (tertiary/aromatic N) is 2. The molecule has 0 aliphatic carbocycles. The van der Waals surface area contributed by atoms with Gasteiger partial charge in [-0.25, -0.2) is 4.39 Å². The molecule has 1 N–H and O–H groups in total. The van der Waals surface area contributed by atoms with Gasteiger partial charge >= 0.3 is 0 Å². The Labute approximate surface area is 161 Å². The van der Waals surface area contributed by atoms with Crippen molar-refractivity contribution in [2.75, 3.05) is 46.0 Å². The molecule has 3 rings (SSSR count). The minimum absolute atomic E-state index is 0.147. The Morgan fingerprint density at radius 2 is 2.07 bits per heavy atom. The number of aliphatic hydroxyl groups is 1. The Hall–Kier alpha value is -1.50. The monoisotopic (exact) mass is 378 g/mol. The SMILES string of the molecule is O=C(CCc1cccc(F)c1)N1CCC(N2CCOCC2)C(CCCO)C1. The molecule has 2 unspecified atom stereocenters. The van der Waals surface area contributed by atoms with Crippen molar-refractivity contribution in [2.24, 2.45) is 5.92 Å². The van der Waals surface area contributed by atoms with Crippen LogP contribution in [0.2, 0.25) is 0 Å². The van der Waals surface area contributed by atoms with Crippen LogP contribution in [0.15, 0.2) is 24.3 Å². The van der Waals surface area contributed by atoms with Crippen molar-refractivity contribution < 1.29 is 19.0 Å². The average molecular weight is 378 g/mol. The number of piperidine rings is 1. The number of amides is 1. The standard InChI is InChI=1S/C21H31FN2O3/c22-19-5-1-3-17(15-19)6-7-21(26)24-9-8-20(18(16-24)4-2-12-25)23-10-13-27-14-11-23/h1,3,5,15,18,20,25H,2,4,6-14,16H2. The predicted molar refractivity (Wildman–Crippen MR) is 102 cm³/mol. The number of hydrogen-bond donors (Lipinski definition) is 1. The Bertz CT molecular complexity index is 607. The summed E-state index contributed by atoms with van der Waals surface area (Å²) in [5, 5.41) is 9.26. The first-order valence-electron chi connectivity index (χ1n) is 10.1. The van der Waals surface area contributed by atoms with Crippen LogP contribution in [0, 0.1) is 11.7 Å². The molecule has 2 aliphatic heterocycles. The molecule has 1 amide bonds. The van der Waals surface area contributed by atoms with Gasteiger partial charge in [-0.05, 0) is 49.3 Å². The van der Waals surface area contributed by atoms with Crippen molar-refractivity contribution in [3.63, 3.8) is 0 Å². The van der Waals surface area contributed by atoms with Crippen molar-refractivity contribution in [3.8, 4) is 0 Å². The van der Waals surface area contributed by atoms with E-state index in [0.29, 0.717) is 24.8 Å². The third-order valence-electron chi connectivity index (χ3n) is 5.81. The van der Waals surface area contributed by atoms with Gasteiger partial charge in [0.15, 0.2) is 0 Å². The third-order valence-corrected chi connectivity index (χ3v) is 5.81. The highest BCUT2D eigenvalue weighted by Crippen LogP contribution is 2.27. The maximum atomic E-state index is 13.3. The van der Waals surface area contributed by atoms with Crippen molar-refractivity contribution in [2.45, 2.75) is 38.1 Å². The maximum absolute atomic E-state index is 13.3. The van der Waals surface area contributed by atoms with Gasteiger partial charge in [-0.1, -0.05) is 12.1 Å². The second kappa shape index (κ2) is 10.2. The van der Waals surface area contributed by atoms with Crippen LogP contribution < -0.4 is 0 Å². The summed E-state index contributed by atoms with van der Waals surface area (Å²) in [7, 11) is 0. The number of likely N-dealkylation sites (tertiary alicyclic amines) is 1. The van der Waals surface area contributed by atoms with E-state index in [1.807, 2.05) is 11.0 Å². The van der Waals surface area contributed by atoms with Gasteiger partial charge in [0.1, 0.15) is 5.82 Å². The van der Waals surface area contributed by atoms with Crippen LogP contribution >= 0.6 is 0 Å². The molecule has 150 valence electrons. The number of aryl methyl sites for hydroxylation is 1. The predicted octanol–water partition coefficient (Wildman–Crippen LogP) is 2.08. The smallest absolute Gasteiger partial charge is 0.222 e. The zero-order chi connectivity index (χ0) is 19.1. The number of hydrogen-bond acceptors (Lipinski definition) is 4. The number of aliphatic hydroxyl groups excluding tert-OH is 1. The van der Waals surface area contributed by atoms with Gasteiger partial charge in [-0.3, -0.25) is 9.69 Å². The number of morpholine rings is 1. The lowest BCUT2D eigenvalue weighted by Gasteiger charge is -2.45. The molecular weight excluding hydrogens is 347 g/mol. The van der Waals surface area contributed by atoms with Crippen molar-refractivity contribution in [3.05, 3.63) is 35.6 Å². The van der Waals surface area contributed by atoms with E-state index in [4.69, 9.17) is 4.74 Å². The lowest BCUT2D eigenvalue weighted by molar-refractivity contribution is -0.134. The lowest BCUT2D eigenvalue weighted by atomic mass is 9.86. The van der Waals surface area contributed by atoms with E-state index in [1.54, 1.807) is 6.07 Å². The summed E-state index contributed by atoms with van der Waals surface area (Å²) in [5.74, 6) is 0.283. The molecule has 2 saturated heterocycles. The molecule has 27 heavy (non-hydrogen) atoms. The molecule has 1 aromatic carbocycles. The number of rotatable bonds is 7. The fraction of sp³-hybridized carbons (Fsp3) is 0.667. The van der Waals surface area contributed by atoms with E-state index >= 15 is 0 Å². The van der Waals surface area contributed by atoms with E-state index < -0.39 is 0 Å². The van der Waals surface area contributed by atoms with Gasteiger partial charge in [0, 0.05) is 45.2 Å². The van der Waals surface area contributed by atoms with Crippen LogP contribution in [-0.4, -0.2) is 72.9 Å². The maximum Gasteiger partial charge on any atom is 0.222 e. The van der Waals surface area contributed by atoms with Crippen LogP contribution in [-0.2, 0) is 16.0 Å². The van der Waals surface area contributed by atoms with E-state index in [0.717, 1.165) is 64.2 Å². The van der Waals surface area contributed by atoms with Gasteiger partial charge < -0.3 is 14.7 Å². The molecule has 2 heterocycles. The summed E-state index contributed by atoms with van der Waals surface area (Å²) in [6.45, 7) is 5.18. The zero-order valence-electron chi connectivity index (χ0n) is 16.0. The number of halogens is 1.